The predicted octanol–water partition coefficient (Wildman–Crippen LogP) is 3.95. The van der Waals surface area contributed by atoms with E-state index in [0.29, 0.717) is 0 Å². The molecule has 4 heteroatoms. The van der Waals surface area contributed by atoms with Crippen LogP contribution in [-0.4, -0.2) is 14.5 Å². The number of hydrogen-bond acceptors (Lipinski definition) is 2. The summed E-state index contributed by atoms with van der Waals surface area (Å²) < 4.78 is 2.83. The lowest BCUT2D eigenvalue weighted by atomic mass is 10.1. The smallest absolute Gasteiger partial charge is 0.179 e. The normalized spacial score (nSPS) is 11.1. The van der Waals surface area contributed by atoms with Crippen molar-refractivity contribution in [2.24, 2.45) is 0 Å². The van der Waals surface area contributed by atoms with Crippen molar-refractivity contribution in [2.45, 2.75) is 26.8 Å². The largest absolute Gasteiger partial charge is 0.329 e. The molecule has 0 spiro atoms. The van der Waals surface area contributed by atoms with Crippen molar-refractivity contribution in [1.82, 2.24) is 14.5 Å². The SMILES string of the molecule is Cc1ccccc1CCn1c(=S)[nH]c2c(C)ccnc21. The summed E-state index contributed by atoms with van der Waals surface area (Å²) in [7, 11) is 0. The van der Waals surface area contributed by atoms with Gasteiger partial charge in [-0.3, -0.25) is 0 Å². The second kappa shape index (κ2) is 5.21. The summed E-state index contributed by atoms with van der Waals surface area (Å²) in [5.41, 5.74) is 5.85. The molecule has 0 fully saturated rings. The Morgan fingerprint density at radius 1 is 1.15 bits per heavy atom. The molecule has 0 unspecified atom stereocenters. The van der Waals surface area contributed by atoms with E-state index < -0.39 is 0 Å². The first kappa shape index (κ1) is 13.1. The van der Waals surface area contributed by atoms with Crippen LogP contribution in [0.3, 0.4) is 0 Å². The maximum absolute atomic E-state index is 5.43. The number of H-pyrrole nitrogens is 1. The van der Waals surface area contributed by atoms with Gasteiger partial charge >= 0.3 is 0 Å². The number of aryl methyl sites for hydroxylation is 4. The van der Waals surface area contributed by atoms with Crippen molar-refractivity contribution >= 4 is 23.4 Å². The standard InChI is InChI=1S/C16H17N3S/c1-11-5-3-4-6-13(11)8-10-19-15-14(18-16(19)20)12(2)7-9-17-15/h3-7,9H,8,10H2,1-2H3,(H,18,20). The maximum Gasteiger partial charge on any atom is 0.179 e. The van der Waals surface area contributed by atoms with Crippen LogP contribution in [0.4, 0.5) is 0 Å². The molecule has 2 aromatic heterocycles. The van der Waals surface area contributed by atoms with Crippen LogP contribution >= 0.6 is 12.2 Å². The van der Waals surface area contributed by atoms with E-state index >= 15 is 0 Å². The maximum atomic E-state index is 5.43. The molecular weight excluding hydrogens is 266 g/mol. The van der Waals surface area contributed by atoms with Crippen LogP contribution in [-0.2, 0) is 13.0 Å². The average molecular weight is 283 g/mol. The van der Waals surface area contributed by atoms with Gasteiger partial charge in [0.05, 0.1) is 5.52 Å². The molecule has 20 heavy (non-hydrogen) atoms. The third-order valence-corrected chi connectivity index (χ3v) is 4.06. The van der Waals surface area contributed by atoms with Gasteiger partial charge in [0.25, 0.3) is 0 Å². The van der Waals surface area contributed by atoms with Gasteiger partial charge in [-0.15, -0.1) is 0 Å². The number of nitrogens with zero attached hydrogens (tertiary/aromatic N) is 2. The Morgan fingerprint density at radius 3 is 2.75 bits per heavy atom. The predicted molar refractivity (Wildman–Crippen MR) is 84.5 cm³/mol. The molecular formula is C16H17N3S. The van der Waals surface area contributed by atoms with Crippen LogP contribution in [0, 0.1) is 18.6 Å². The minimum absolute atomic E-state index is 0.746. The lowest BCUT2D eigenvalue weighted by Crippen LogP contribution is -2.03. The minimum Gasteiger partial charge on any atom is -0.329 e. The molecule has 3 rings (SSSR count). The van der Waals surface area contributed by atoms with Crippen molar-refractivity contribution < 1.29 is 0 Å². The zero-order valence-corrected chi connectivity index (χ0v) is 12.5. The van der Waals surface area contributed by atoms with Crippen LogP contribution in [0.2, 0.25) is 0 Å². The van der Waals surface area contributed by atoms with E-state index in [1.807, 2.05) is 12.3 Å². The number of rotatable bonds is 3. The van der Waals surface area contributed by atoms with E-state index in [1.54, 1.807) is 0 Å². The highest BCUT2D eigenvalue weighted by molar-refractivity contribution is 7.71. The van der Waals surface area contributed by atoms with Crippen molar-refractivity contribution in [1.29, 1.82) is 0 Å². The molecule has 0 aliphatic heterocycles. The molecule has 3 aromatic rings. The van der Waals surface area contributed by atoms with Crippen LogP contribution in [0.5, 0.6) is 0 Å². The first-order chi connectivity index (χ1) is 9.66. The first-order valence-corrected chi connectivity index (χ1v) is 7.16. The Hall–Kier alpha value is -1.94. The number of aromatic amines is 1. The Morgan fingerprint density at radius 2 is 1.95 bits per heavy atom. The summed E-state index contributed by atoms with van der Waals surface area (Å²) >= 11 is 5.43. The Kier molecular flexibility index (Phi) is 3.40. The monoisotopic (exact) mass is 283 g/mol. The fourth-order valence-electron chi connectivity index (χ4n) is 2.50. The van der Waals surface area contributed by atoms with E-state index in [9.17, 15) is 0 Å². The van der Waals surface area contributed by atoms with Gasteiger partial charge in [0.1, 0.15) is 0 Å². The summed E-state index contributed by atoms with van der Waals surface area (Å²) in [6, 6.07) is 10.5. The molecule has 0 bridgehead atoms. The van der Waals surface area contributed by atoms with Crippen LogP contribution in [0.25, 0.3) is 11.2 Å². The summed E-state index contributed by atoms with van der Waals surface area (Å²) in [6.07, 6.45) is 2.80. The molecule has 2 heterocycles. The number of hydrogen-bond donors (Lipinski definition) is 1. The van der Waals surface area contributed by atoms with Gasteiger partial charge in [-0.05, 0) is 55.2 Å². The summed E-state index contributed by atoms with van der Waals surface area (Å²) in [5, 5.41) is 0. The van der Waals surface area contributed by atoms with Crippen molar-refractivity contribution in [2.75, 3.05) is 0 Å². The van der Waals surface area contributed by atoms with E-state index in [4.69, 9.17) is 12.2 Å². The third kappa shape index (κ3) is 2.27. The van der Waals surface area contributed by atoms with Crippen LogP contribution < -0.4 is 0 Å². The second-order valence-electron chi connectivity index (χ2n) is 5.08. The van der Waals surface area contributed by atoms with Gasteiger partial charge in [-0.1, -0.05) is 24.3 Å². The summed E-state index contributed by atoms with van der Waals surface area (Å²) in [5.74, 6) is 0. The molecule has 0 radical (unpaired) electrons. The van der Waals surface area contributed by atoms with Gasteiger partial charge in [-0.25, -0.2) is 4.98 Å². The van der Waals surface area contributed by atoms with Crippen LogP contribution in [0.15, 0.2) is 36.5 Å². The number of aromatic nitrogens is 3. The number of nitrogens with one attached hydrogen (secondary N) is 1. The fraction of sp³-hybridized carbons (Fsp3) is 0.250. The molecule has 1 N–H and O–H groups in total. The highest BCUT2D eigenvalue weighted by atomic mass is 32.1. The number of benzene rings is 1. The summed E-state index contributed by atoms with van der Waals surface area (Å²) in [4.78, 5) is 7.72. The molecule has 0 amide bonds. The lowest BCUT2D eigenvalue weighted by Gasteiger charge is -2.07. The van der Waals surface area contributed by atoms with Crippen molar-refractivity contribution in [3.8, 4) is 0 Å². The number of pyridine rings is 1. The lowest BCUT2D eigenvalue weighted by molar-refractivity contribution is 0.698. The average Bonchev–Trinajstić information content (AvgIpc) is 2.76. The van der Waals surface area contributed by atoms with Crippen LogP contribution in [0.1, 0.15) is 16.7 Å². The first-order valence-electron chi connectivity index (χ1n) is 6.75. The summed E-state index contributed by atoms with van der Waals surface area (Å²) in [6.45, 7) is 5.06. The third-order valence-electron chi connectivity index (χ3n) is 3.74. The number of imidazole rings is 1. The topological polar surface area (TPSA) is 33.6 Å². The van der Waals surface area contributed by atoms with Gasteiger partial charge in [0.15, 0.2) is 10.4 Å². The fourth-order valence-corrected chi connectivity index (χ4v) is 2.78. The Balaban J connectivity index is 1.96. The highest BCUT2D eigenvalue weighted by Gasteiger charge is 2.08. The molecule has 0 aliphatic rings. The molecule has 0 saturated heterocycles. The Bertz CT molecular complexity index is 814. The van der Waals surface area contributed by atoms with Gasteiger partial charge in [-0.2, -0.15) is 0 Å². The molecule has 3 nitrogen and oxygen atoms in total. The number of fused-ring (bicyclic) bond motifs is 1. The van der Waals surface area contributed by atoms with E-state index in [0.717, 1.165) is 28.9 Å². The second-order valence-corrected chi connectivity index (χ2v) is 5.47. The molecule has 0 aliphatic carbocycles. The highest BCUT2D eigenvalue weighted by Crippen LogP contribution is 2.16. The molecule has 0 atom stereocenters. The quantitative estimate of drug-likeness (QED) is 0.738. The minimum atomic E-state index is 0.746. The Labute approximate surface area is 123 Å². The molecule has 1 aromatic carbocycles. The van der Waals surface area contributed by atoms with Crippen molar-refractivity contribution in [3.05, 3.63) is 58.0 Å². The van der Waals surface area contributed by atoms with Gasteiger partial charge < -0.3 is 9.55 Å². The zero-order valence-electron chi connectivity index (χ0n) is 11.7. The van der Waals surface area contributed by atoms with E-state index in [2.05, 4.69) is 52.6 Å². The van der Waals surface area contributed by atoms with Crippen molar-refractivity contribution in [3.63, 3.8) is 0 Å². The van der Waals surface area contributed by atoms with Gasteiger partial charge in [0.2, 0.25) is 0 Å². The molecule has 0 saturated carbocycles. The molecule has 102 valence electrons. The van der Waals surface area contributed by atoms with Gasteiger partial charge in [0, 0.05) is 12.7 Å². The zero-order chi connectivity index (χ0) is 14.1. The van der Waals surface area contributed by atoms with E-state index in [1.165, 1.54) is 16.7 Å². The van der Waals surface area contributed by atoms with E-state index in [-0.39, 0.29) is 0 Å².